The van der Waals surface area contributed by atoms with E-state index in [1.165, 1.54) is 16.7 Å². The summed E-state index contributed by atoms with van der Waals surface area (Å²) in [6, 6.07) is 7.47. The fourth-order valence-electron chi connectivity index (χ4n) is 1.96. The van der Waals surface area contributed by atoms with Crippen LogP contribution in [0.4, 0.5) is 4.79 Å². The molecule has 1 heterocycles. The van der Waals surface area contributed by atoms with Gasteiger partial charge in [-0.3, -0.25) is 9.69 Å². The third-order valence-corrected chi connectivity index (χ3v) is 4.31. The molecule has 2 rings (SSSR count). The lowest BCUT2D eigenvalue weighted by Gasteiger charge is -2.17. The second-order valence-electron chi connectivity index (χ2n) is 4.53. The molecule has 108 valence electrons. The van der Waals surface area contributed by atoms with Crippen LogP contribution in [0.5, 0.6) is 5.75 Å². The molecule has 1 fully saturated rings. The summed E-state index contributed by atoms with van der Waals surface area (Å²) in [5.41, 5.74) is 1.10. The third kappa shape index (κ3) is 3.45. The van der Waals surface area contributed by atoms with Crippen LogP contribution in [0.15, 0.2) is 24.3 Å². The summed E-state index contributed by atoms with van der Waals surface area (Å²) < 4.78 is 5.17. The molecule has 0 aromatic heterocycles. The van der Waals surface area contributed by atoms with Crippen LogP contribution >= 0.6 is 11.8 Å². The molecule has 1 aromatic carbocycles. The van der Waals surface area contributed by atoms with E-state index >= 15 is 0 Å². The van der Waals surface area contributed by atoms with Gasteiger partial charge in [0.1, 0.15) is 5.75 Å². The zero-order valence-corrected chi connectivity index (χ0v) is 12.4. The van der Waals surface area contributed by atoms with Gasteiger partial charge in [-0.25, -0.2) is 4.79 Å². The van der Waals surface area contributed by atoms with Gasteiger partial charge < -0.3 is 10.1 Å². The number of thioether (sulfide) groups is 1. The highest BCUT2D eigenvalue weighted by Crippen LogP contribution is 2.22. The van der Waals surface area contributed by atoms with Crippen molar-refractivity contribution in [1.29, 1.82) is 0 Å². The van der Waals surface area contributed by atoms with E-state index in [4.69, 9.17) is 4.74 Å². The van der Waals surface area contributed by atoms with Crippen molar-refractivity contribution < 1.29 is 14.3 Å². The normalized spacial score (nSPS) is 15.9. The number of urea groups is 1. The first-order valence-corrected chi connectivity index (χ1v) is 7.50. The van der Waals surface area contributed by atoms with Gasteiger partial charge in [-0.05, 0) is 24.6 Å². The van der Waals surface area contributed by atoms with Gasteiger partial charge in [0.15, 0.2) is 0 Å². The minimum Gasteiger partial charge on any atom is -0.497 e. The molecule has 20 heavy (non-hydrogen) atoms. The molecule has 1 saturated heterocycles. The molecule has 6 heteroatoms. The molecule has 1 atom stereocenters. The molecule has 0 radical (unpaired) electrons. The van der Waals surface area contributed by atoms with Gasteiger partial charge in [0, 0.05) is 18.8 Å². The van der Waals surface area contributed by atoms with E-state index in [-0.39, 0.29) is 17.2 Å². The van der Waals surface area contributed by atoms with Crippen LogP contribution in [0.3, 0.4) is 0 Å². The summed E-state index contributed by atoms with van der Waals surface area (Å²) in [6.07, 6.45) is 0. The lowest BCUT2D eigenvalue weighted by molar-refractivity contribution is -0.126. The van der Waals surface area contributed by atoms with Crippen LogP contribution in [-0.4, -0.2) is 42.3 Å². The summed E-state index contributed by atoms with van der Waals surface area (Å²) in [5.74, 6) is 1.38. The Kier molecular flexibility index (Phi) is 4.89. The number of ether oxygens (including phenoxy) is 1. The van der Waals surface area contributed by atoms with Crippen LogP contribution < -0.4 is 10.1 Å². The maximum Gasteiger partial charge on any atom is 0.324 e. The number of hydrogen-bond acceptors (Lipinski definition) is 4. The van der Waals surface area contributed by atoms with Crippen molar-refractivity contribution >= 4 is 23.7 Å². The molecular weight excluding hydrogens is 276 g/mol. The first-order chi connectivity index (χ1) is 9.61. The first-order valence-electron chi connectivity index (χ1n) is 6.45. The lowest BCUT2D eigenvalue weighted by atomic mass is 10.2. The van der Waals surface area contributed by atoms with Gasteiger partial charge in [-0.15, -0.1) is 11.8 Å². The van der Waals surface area contributed by atoms with Gasteiger partial charge >= 0.3 is 6.03 Å². The van der Waals surface area contributed by atoms with Gasteiger partial charge in [0.25, 0.3) is 0 Å². The average Bonchev–Trinajstić information content (AvgIpc) is 2.90. The highest BCUT2D eigenvalue weighted by atomic mass is 32.2. The van der Waals surface area contributed by atoms with E-state index in [1.54, 1.807) is 7.11 Å². The van der Waals surface area contributed by atoms with Crippen molar-refractivity contribution in [3.05, 3.63) is 29.8 Å². The van der Waals surface area contributed by atoms with Gasteiger partial charge in [-0.2, -0.15) is 0 Å². The second-order valence-corrected chi connectivity index (χ2v) is 5.86. The number of methoxy groups -OCH3 is 1. The molecule has 0 unspecified atom stereocenters. The Morgan fingerprint density at radius 1 is 1.55 bits per heavy atom. The van der Waals surface area contributed by atoms with Crippen molar-refractivity contribution in [1.82, 2.24) is 10.2 Å². The molecule has 0 bridgehead atoms. The molecule has 3 amide bonds. The van der Waals surface area contributed by atoms with Crippen LogP contribution in [0, 0.1) is 0 Å². The molecular formula is C14H18N2O3S. The van der Waals surface area contributed by atoms with Crippen LogP contribution in [-0.2, 0) is 10.5 Å². The summed E-state index contributed by atoms with van der Waals surface area (Å²) in [6.45, 7) is 2.83. The Bertz CT molecular complexity index is 507. The van der Waals surface area contributed by atoms with Crippen molar-refractivity contribution in [3.8, 4) is 5.75 Å². The Labute approximate surface area is 122 Å². The molecule has 0 spiro atoms. The van der Waals surface area contributed by atoms with Gasteiger partial charge in [0.05, 0.1) is 12.4 Å². The van der Waals surface area contributed by atoms with Crippen LogP contribution in [0.1, 0.15) is 12.5 Å². The van der Waals surface area contributed by atoms with Crippen molar-refractivity contribution in [2.45, 2.75) is 17.9 Å². The predicted molar refractivity (Wildman–Crippen MR) is 78.9 cm³/mol. The Morgan fingerprint density at radius 3 is 3.00 bits per heavy atom. The minimum absolute atomic E-state index is 0.132. The number of benzene rings is 1. The van der Waals surface area contributed by atoms with E-state index in [2.05, 4.69) is 5.32 Å². The van der Waals surface area contributed by atoms with E-state index < -0.39 is 0 Å². The maximum absolute atomic E-state index is 12.1. The monoisotopic (exact) mass is 294 g/mol. The van der Waals surface area contributed by atoms with Gasteiger partial charge in [-0.1, -0.05) is 12.1 Å². The summed E-state index contributed by atoms with van der Waals surface area (Å²) >= 11 is 1.52. The highest BCUT2D eigenvalue weighted by molar-refractivity contribution is 7.99. The quantitative estimate of drug-likeness (QED) is 0.900. The molecule has 1 N–H and O–H groups in total. The smallest absolute Gasteiger partial charge is 0.324 e. The topological polar surface area (TPSA) is 58.6 Å². The number of carbonyl (C=O) groups excluding carboxylic acids is 2. The molecule has 1 aliphatic heterocycles. The number of carbonyl (C=O) groups is 2. The lowest BCUT2D eigenvalue weighted by Crippen LogP contribution is -2.38. The van der Waals surface area contributed by atoms with Crippen molar-refractivity contribution in [2.75, 3.05) is 20.2 Å². The standard InChI is InChI=1S/C14H18N2O3S/c1-10(13(17)16-7-6-15-14(16)18)20-9-11-4-3-5-12(8-11)19-2/h3-5,8,10H,6-7,9H2,1-2H3,(H,15,18)/t10-/m1/s1. The molecule has 5 nitrogen and oxygen atoms in total. The minimum atomic E-state index is -0.288. The fraction of sp³-hybridized carbons (Fsp3) is 0.429. The Hall–Kier alpha value is -1.69. The van der Waals surface area contributed by atoms with Crippen molar-refractivity contribution in [3.63, 3.8) is 0 Å². The number of rotatable bonds is 5. The molecule has 1 aromatic rings. The van der Waals surface area contributed by atoms with E-state index in [0.717, 1.165) is 11.3 Å². The predicted octanol–water partition coefficient (Wildman–Crippen LogP) is 1.87. The van der Waals surface area contributed by atoms with Crippen LogP contribution in [0.2, 0.25) is 0 Å². The fourth-order valence-corrected chi connectivity index (χ4v) is 2.85. The average molecular weight is 294 g/mol. The summed E-state index contributed by atoms with van der Waals surface area (Å²) in [4.78, 5) is 24.8. The number of amides is 3. The van der Waals surface area contributed by atoms with E-state index in [0.29, 0.717) is 18.8 Å². The number of hydrogen-bond donors (Lipinski definition) is 1. The summed E-state index contributed by atoms with van der Waals surface area (Å²) in [5, 5.41) is 2.39. The zero-order chi connectivity index (χ0) is 14.5. The number of nitrogens with zero attached hydrogens (tertiary/aromatic N) is 1. The Balaban J connectivity index is 1.89. The molecule has 0 aliphatic carbocycles. The molecule has 1 aliphatic rings. The van der Waals surface area contributed by atoms with E-state index in [1.807, 2.05) is 31.2 Å². The number of imide groups is 1. The Morgan fingerprint density at radius 2 is 2.35 bits per heavy atom. The second kappa shape index (κ2) is 6.65. The molecule has 0 saturated carbocycles. The maximum atomic E-state index is 12.1. The zero-order valence-electron chi connectivity index (χ0n) is 11.6. The summed E-state index contributed by atoms with van der Waals surface area (Å²) in [7, 11) is 1.63. The third-order valence-electron chi connectivity index (χ3n) is 3.10. The van der Waals surface area contributed by atoms with Gasteiger partial charge in [0.2, 0.25) is 5.91 Å². The van der Waals surface area contributed by atoms with Crippen molar-refractivity contribution in [2.24, 2.45) is 0 Å². The van der Waals surface area contributed by atoms with E-state index in [9.17, 15) is 9.59 Å². The highest BCUT2D eigenvalue weighted by Gasteiger charge is 2.29. The largest absolute Gasteiger partial charge is 0.497 e. The number of nitrogens with one attached hydrogen (secondary N) is 1. The first kappa shape index (κ1) is 14.7. The van der Waals surface area contributed by atoms with Crippen LogP contribution in [0.25, 0.3) is 0 Å². The SMILES string of the molecule is COc1cccc(CS[C@H](C)C(=O)N2CCNC2=O)c1.